The number of H-pyrrole nitrogens is 1. The standard InChI is InChI=1S/C20H16N2O2/c23-19-17-12-11-15(13-14-7-3-1-4-8-14)18(17)22(21-20(19)24)16-9-5-2-6-10-16/h1-10,13H,11-12H2,(H,21,24)/b15-13+. The van der Waals surface area contributed by atoms with E-state index in [9.17, 15) is 9.59 Å². The quantitative estimate of drug-likeness (QED) is 0.739. The minimum atomic E-state index is -0.571. The molecule has 0 unspecified atom stereocenters. The summed E-state index contributed by atoms with van der Waals surface area (Å²) < 4.78 is 1.74. The Kier molecular flexibility index (Phi) is 3.50. The van der Waals surface area contributed by atoms with Gasteiger partial charge in [-0.25, -0.2) is 0 Å². The highest BCUT2D eigenvalue weighted by atomic mass is 16.2. The molecule has 0 fully saturated rings. The van der Waals surface area contributed by atoms with E-state index in [1.165, 1.54) is 0 Å². The molecule has 0 bridgehead atoms. The molecule has 4 rings (SSSR count). The second-order valence-electron chi connectivity index (χ2n) is 5.85. The predicted molar refractivity (Wildman–Crippen MR) is 95.3 cm³/mol. The Balaban J connectivity index is 1.97. The fraction of sp³-hybridized carbons (Fsp3) is 0.100. The number of benzene rings is 2. The van der Waals surface area contributed by atoms with Crippen LogP contribution in [0.1, 0.15) is 23.2 Å². The number of aromatic nitrogens is 2. The largest absolute Gasteiger partial charge is 0.310 e. The lowest BCUT2D eigenvalue weighted by Gasteiger charge is -2.13. The van der Waals surface area contributed by atoms with E-state index in [1.54, 1.807) is 4.68 Å². The number of nitrogens with zero attached hydrogens (tertiary/aromatic N) is 1. The average Bonchev–Trinajstić information content (AvgIpc) is 3.04. The molecule has 1 heterocycles. The molecule has 0 radical (unpaired) electrons. The van der Waals surface area contributed by atoms with Gasteiger partial charge in [0, 0.05) is 5.56 Å². The van der Waals surface area contributed by atoms with Crippen LogP contribution >= 0.6 is 0 Å². The van der Waals surface area contributed by atoms with E-state index in [0.717, 1.165) is 28.9 Å². The fourth-order valence-electron chi connectivity index (χ4n) is 3.20. The van der Waals surface area contributed by atoms with Crippen molar-refractivity contribution in [2.24, 2.45) is 0 Å². The molecule has 0 aliphatic heterocycles. The molecule has 1 aliphatic rings. The third kappa shape index (κ3) is 2.42. The third-order valence-corrected chi connectivity index (χ3v) is 4.31. The number of para-hydroxylation sites is 1. The molecule has 1 aromatic heterocycles. The lowest BCUT2D eigenvalue weighted by molar-refractivity contribution is 0.791. The van der Waals surface area contributed by atoms with Crippen molar-refractivity contribution in [1.82, 2.24) is 9.78 Å². The minimum Gasteiger partial charge on any atom is -0.283 e. The highest BCUT2D eigenvalue weighted by Crippen LogP contribution is 2.32. The number of hydrogen-bond acceptors (Lipinski definition) is 2. The van der Waals surface area contributed by atoms with Crippen LogP contribution in [-0.2, 0) is 6.42 Å². The predicted octanol–water partition coefficient (Wildman–Crippen LogP) is 3.01. The van der Waals surface area contributed by atoms with Crippen LogP contribution in [0.25, 0.3) is 17.3 Å². The van der Waals surface area contributed by atoms with Gasteiger partial charge in [0.05, 0.1) is 11.4 Å². The molecule has 0 atom stereocenters. The van der Waals surface area contributed by atoms with Crippen molar-refractivity contribution >= 4 is 11.6 Å². The first-order valence-electron chi connectivity index (χ1n) is 7.93. The Morgan fingerprint density at radius 1 is 0.875 bits per heavy atom. The third-order valence-electron chi connectivity index (χ3n) is 4.31. The zero-order valence-electron chi connectivity index (χ0n) is 13.0. The molecule has 0 amide bonds. The fourth-order valence-corrected chi connectivity index (χ4v) is 3.20. The van der Waals surface area contributed by atoms with E-state index in [1.807, 2.05) is 60.7 Å². The van der Waals surface area contributed by atoms with E-state index in [0.29, 0.717) is 12.0 Å². The number of rotatable bonds is 2. The van der Waals surface area contributed by atoms with Crippen molar-refractivity contribution in [1.29, 1.82) is 0 Å². The lowest BCUT2D eigenvalue weighted by atomic mass is 10.1. The van der Waals surface area contributed by atoms with Crippen LogP contribution in [0.2, 0.25) is 0 Å². The van der Waals surface area contributed by atoms with E-state index >= 15 is 0 Å². The van der Waals surface area contributed by atoms with Gasteiger partial charge in [0.2, 0.25) is 5.43 Å². The second-order valence-corrected chi connectivity index (χ2v) is 5.85. The normalized spacial score (nSPS) is 14.8. The Hall–Kier alpha value is -3.14. The average molecular weight is 316 g/mol. The Labute approximate surface area is 138 Å². The smallest absolute Gasteiger partial charge is 0.283 e. The van der Waals surface area contributed by atoms with E-state index < -0.39 is 11.0 Å². The first kappa shape index (κ1) is 14.5. The summed E-state index contributed by atoms with van der Waals surface area (Å²) in [6, 6.07) is 19.6. The zero-order chi connectivity index (χ0) is 16.5. The van der Waals surface area contributed by atoms with E-state index in [2.05, 4.69) is 11.2 Å². The highest BCUT2D eigenvalue weighted by molar-refractivity contribution is 5.84. The molecular formula is C20H16N2O2. The summed E-state index contributed by atoms with van der Waals surface area (Å²) >= 11 is 0. The van der Waals surface area contributed by atoms with Crippen LogP contribution in [0.15, 0.2) is 70.3 Å². The number of fused-ring (bicyclic) bond motifs is 1. The van der Waals surface area contributed by atoms with Crippen LogP contribution in [0.3, 0.4) is 0 Å². The van der Waals surface area contributed by atoms with Gasteiger partial charge in [-0.1, -0.05) is 48.5 Å². The summed E-state index contributed by atoms with van der Waals surface area (Å²) in [7, 11) is 0. The van der Waals surface area contributed by atoms with Gasteiger partial charge in [-0.05, 0) is 42.2 Å². The van der Waals surface area contributed by atoms with Crippen LogP contribution in [0.5, 0.6) is 0 Å². The highest BCUT2D eigenvalue weighted by Gasteiger charge is 2.24. The molecule has 1 aliphatic carbocycles. The molecule has 4 heteroatoms. The summed E-state index contributed by atoms with van der Waals surface area (Å²) in [6.45, 7) is 0. The van der Waals surface area contributed by atoms with Crippen LogP contribution < -0.4 is 11.0 Å². The zero-order valence-corrected chi connectivity index (χ0v) is 13.0. The van der Waals surface area contributed by atoms with Gasteiger partial charge < -0.3 is 0 Å². The van der Waals surface area contributed by atoms with Crippen molar-refractivity contribution in [3.05, 3.63) is 98.1 Å². The Morgan fingerprint density at radius 2 is 1.54 bits per heavy atom. The van der Waals surface area contributed by atoms with Crippen molar-refractivity contribution < 1.29 is 0 Å². The van der Waals surface area contributed by atoms with Crippen molar-refractivity contribution in [3.8, 4) is 5.69 Å². The van der Waals surface area contributed by atoms with Gasteiger partial charge in [-0.15, -0.1) is 0 Å². The lowest BCUT2D eigenvalue weighted by Crippen LogP contribution is -2.34. The van der Waals surface area contributed by atoms with E-state index in [4.69, 9.17) is 0 Å². The van der Waals surface area contributed by atoms with Crippen LogP contribution in [0.4, 0.5) is 0 Å². The minimum absolute atomic E-state index is 0.423. The molecular weight excluding hydrogens is 300 g/mol. The van der Waals surface area contributed by atoms with Crippen LogP contribution in [-0.4, -0.2) is 9.78 Å². The van der Waals surface area contributed by atoms with Crippen molar-refractivity contribution in [3.63, 3.8) is 0 Å². The summed E-state index contributed by atoms with van der Waals surface area (Å²) in [4.78, 5) is 24.3. The molecule has 1 N–H and O–H groups in total. The molecule has 24 heavy (non-hydrogen) atoms. The van der Waals surface area contributed by atoms with Gasteiger partial charge in [0.1, 0.15) is 0 Å². The number of aromatic amines is 1. The van der Waals surface area contributed by atoms with Crippen molar-refractivity contribution in [2.45, 2.75) is 12.8 Å². The van der Waals surface area contributed by atoms with Gasteiger partial charge in [0.15, 0.2) is 0 Å². The van der Waals surface area contributed by atoms with Crippen LogP contribution in [0, 0.1) is 0 Å². The maximum atomic E-state index is 12.3. The summed E-state index contributed by atoms with van der Waals surface area (Å²) in [5.41, 5.74) is 3.41. The molecule has 0 saturated carbocycles. The monoisotopic (exact) mass is 316 g/mol. The SMILES string of the molecule is O=c1[nH]n(-c2ccccc2)c2c(c1=O)CC/C2=C\c1ccccc1. The summed E-state index contributed by atoms with van der Waals surface area (Å²) in [5, 5.41) is 2.72. The first-order chi connectivity index (χ1) is 11.7. The van der Waals surface area contributed by atoms with E-state index in [-0.39, 0.29) is 0 Å². The van der Waals surface area contributed by atoms with Gasteiger partial charge in [-0.3, -0.25) is 19.4 Å². The molecule has 0 saturated heterocycles. The number of hydrogen-bond donors (Lipinski definition) is 1. The topological polar surface area (TPSA) is 54.9 Å². The molecule has 118 valence electrons. The number of nitrogens with one attached hydrogen (secondary N) is 1. The molecule has 3 aromatic rings. The summed E-state index contributed by atoms with van der Waals surface area (Å²) in [5.74, 6) is 0. The molecule has 2 aromatic carbocycles. The molecule has 0 spiro atoms. The Bertz CT molecular complexity index is 1030. The second kappa shape index (κ2) is 5.81. The Morgan fingerprint density at radius 3 is 2.25 bits per heavy atom. The van der Waals surface area contributed by atoms with Gasteiger partial charge in [0.25, 0.3) is 0 Å². The van der Waals surface area contributed by atoms with Gasteiger partial charge in [-0.2, -0.15) is 0 Å². The number of allylic oxidation sites excluding steroid dienone is 1. The maximum Gasteiger partial charge on any atom is 0.310 e. The molecule has 4 nitrogen and oxygen atoms in total. The first-order valence-corrected chi connectivity index (χ1v) is 7.93. The van der Waals surface area contributed by atoms with Gasteiger partial charge >= 0.3 is 5.56 Å². The summed E-state index contributed by atoms with van der Waals surface area (Å²) in [6.07, 6.45) is 3.44. The maximum absolute atomic E-state index is 12.3. The van der Waals surface area contributed by atoms with Crippen molar-refractivity contribution in [2.75, 3.05) is 0 Å².